The monoisotopic (exact) mass is 228 g/mol. The summed E-state index contributed by atoms with van der Waals surface area (Å²) < 4.78 is 5.52. The Morgan fingerprint density at radius 3 is 2.73 bits per heavy atom. The summed E-state index contributed by atoms with van der Waals surface area (Å²) in [6.45, 7) is 5.27. The van der Waals surface area contributed by atoms with Crippen molar-refractivity contribution in [2.45, 2.75) is 20.0 Å². The van der Waals surface area contributed by atoms with Crippen molar-refractivity contribution in [3.63, 3.8) is 0 Å². The summed E-state index contributed by atoms with van der Waals surface area (Å²) >= 11 is 6.06. The van der Waals surface area contributed by atoms with Crippen LogP contribution in [0.15, 0.2) is 18.2 Å². The maximum atomic E-state index is 6.06. The maximum Gasteiger partial charge on any atom is 0.138 e. The zero-order chi connectivity index (χ0) is 11.3. The van der Waals surface area contributed by atoms with Gasteiger partial charge in [0.05, 0.1) is 11.1 Å². The summed E-state index contributed by atoms with van der Waals surface area (Å²) in [5.41, 5.74) is 6.35. The molecule has 84 valence electrons. The van der Waals surface area contributed by atoms with Crippen molar-refractivity contribution < 1.29 is 4.74 Å². The minimum Gasteiger partial charge on any atom is -0.489 e. The molecule has 3 N–H and O–H groups in total. The van der Waals surface area contributed by atoms with Gasteiger partial charge in [-0.2, -0.15) is 0 Å². The van der Waals surface area contributed by atoms with Gasteiger partial charge in [0.2, 0.25) is 0 Å². The average molecular weight is 229 g/mol. The second-order valence-corrected chi connectivity index (χ2v) is 3.93. The quantitative estimate of drug-likeness (QED) is 0.814. The van der Waals surface area contributed by atoms with Crippen LogP contribution < -0.4 is 15.8 Å². The lowest BCUT2D eigenvalue weighted by atomic mass is 10.3. The van der Waals surface area contributed by atoms with Gasteiger partial charge in [-0.05, 0) is 32.0 Å². The fourth-order valence-corrected chi connectivity index (χ4v) is 1.40. The fraction of sp³-hybridized carbons (Fsp3) is 0.455. The van der Waals surface area contributed by atoms with Crippen LogP contribution in [-0.2, 0) is 0 Å². The van der Waals surface area contributed by atoms with E-state index in [1.54, 1.807) is 0 Å². The van der Waals surface area contributed by atoms with E-state index >= 15 is 0 Å². The first-order valence-electron chi connectivity index (χ1n) is 5.03. The highest BCUT2D eigenvalue weighted by Crippen LogP contribution is 2.28. The predicted molar refractivity (Wildman–Crippen MR) is 64.8 cm³/mol. The van der Waals surface area contributed by atoms with Gasteiger partial charge in [0.25, 0.3) is 0 Å². The van der Waals surface area contributed by atoms with Crippen LogP contribution >= 0.6 is 11.6 Å². The van der Waals surface area contributed by atoms with E-state index in [1.165, 1.54) is 0 Å². The molecular weight excluding hydrogens is 212 g/mol. The van der Waals surface area contributed by atoms with Gasteiger partial charge in [-0.1, -0.05) is 11.6 Å². The third-order valence-electron chi connectivity index (χ3n) is 1.77. The van der Waals surface area contributed by atoms with Crippen LogP contribution in [-0.4, -0.2) is 19.2 Å². The smallest absolute Gasteiger partial charge is 0.138 e. The van der Waals surface area contributed by atoms with Crippen molar-refractivity contribution in [1.29, 1.82) is 0 Å². The summed E-state index contributed by atoms with van der Waals surface area (Å²) in [6.07, 6.45) is 0.130. The highest BCUT2D eigenvalue weighted by Gasteiger charge is 2.04. The molecule has 0 bridgehead atoms. The minimum atomic E-state index is 0.130. The molecule has 0 aliphatic carbocycles. The second-order valence-electron chi connectivity index (χ2n) is 3.53. The fourth-order valence-electron chi connectivity index (χ4n) is 1.18. The van der Waals surface area contributed by atoms with Gasteiger partial charge in [-0.25, -0.2) is 0 Å². The average Bonchev–Trinajstić information content (AvgIpc) is 2.18. The summed E-state index contributed by atoms with van der Waals surface area (Å²) in [4.78, 5) is 0. The van der Waals surface area contributed by atoms with Crippen LogP contribution in [0.1, 0.15) is 13.8 Å². The third kappa shape index (κ3) is 3.98. The van der Waals surface area contributed by atoms with Crippen LogP contribution in [0.2, 0.25) is 5.02 Å². The van der Waals surface area contributed by atoms with Crippen LogP contribution in [0.25, 0.3) is 0 Å². The van der Waals surface area contributed by atoms with Gasteiger partial charge < -0.3 is 15.8 Å². The lowest BCUT2D eigenvalue weighted by molar-refractivity contribution is 0.242. The van der Waals surface area contributed by atoms with Crippen molar-refractivity contribution in [1.82, 2.24) is 0 Å². The Kier molecular flexibility index (Phi) is 4.72. The molecule has 3 nitrogen and oxygen atoms in total. The van der Waals surface area contributed by atoms with Crippen LogP contribution in [0, 0.1) is 0 Å². The molecule has 0 radical (unpaired) electrons. The number of halogens is 1. The summed E-state index contributed by atoms with van der Waals surface area (Å²) in [6, 6.07) is 5.63. The van der Waals surface area contributed by atoms with Gasteiger partial charge in [-0.15, -0.1) is 0 Å². The highest BCUT2D eigenvalue weighted by atomic mass is 35.5. The molecule has 15 heavy (non-hydrogen) atoms. The van der Waals surface area contributed by atoms with E-state index in [0.29, 0.717) is 17.3 Å². The molecule has 0 saturated carbocycles. The van der Waals surface area contributed by atoms with Crippen molar-refractivity contribution in [3.8, 4) is 5.75 Å². The zero-order valence-corrected chi connectivity index (χ0v) is 9.84. The molecule has 0 aliphatic heterocycles. The first kappa shape index (κ1) is 12.1. The van der Waals surface area contributed by atoms with Crippen molar-refractivity contribution >= 4 is 17.3 Å². The van der Waals surface area contributed by atoms with E-state index in [-0.39, 0.29) is 6.10 Å². The Balaban J connectivity index is 2.70. The number of hydrogen-bond acceptors (Lipinski definition) is 3. The molecular formula is C11H17ClN2O. The molecule has 0 fully saturated rings. The molecule has 4 heteroatoms. The second kappa shape index (κ2) is 5.83. The van der Waals surface area contributed by atoms with Crippen molar-refractivity contribution in [3.05, 3.63) is 23.2 Å². The van der Waals surface area contributed by atoms with Crippen molar-refractivity contribution in [2.24, 2.45) is 5.73 Å². The topological polar surface area (TPSA) is 47.3 Å². The predicted octanol–water partition coefficient (Wildman–Crippen LogP) is 2.50. The van der Waals surface area contributed by atoms with E-state index in [0.717, 1.165) is 12.2 Å². The standard InChI is InChI=1S/C11H17ClN2O/c1-8(2)15-11-4-3-9(7-10(11)12)14-6-5-13/h3-4,7-8,14H,5-6,13H2,1-2H3. The summed E-state index contributed by atoms with van der Waals surface area (Å²) in [5, 5.41) is 3.77. The van der Waals surface area contributed by atoms with Crippen LogP contribution in [0.4, 0.5) is 5.69 Å². The van der Waals surface area contributed by atoms with E-state index in [4.69, 9.17) is 22.1 Å². The lowest BCUT2D eigenvalue weighted by Gasteiger charge is -2.12. The van der Waals surface area contributed by atoms with Gasteiger partial charge in [0.1, 0.15) is 5.75 Å². The molecule has 0 saturated heterocycles. The Bertz CT molecular complexity index is 315. The Morgan fingerprint density at radius 2 is 2.20 bits per heavy atom. The molecule has 0 amide bonds. The maximum absolute atomic E-state index is 6.06. The third-order valence-corrected chi connectivity index (χ3v) is 2.06. The first-order chi connectivity index (χ1) is 7.13. The Hall–Kier alpha value is -0.930. The Morgan fingerprint density at radius 1 is 1.47 bits per heavy atom. The molecule has 1 rings (SSSR count). The lowest BCUT2D eigenvalue weighted by Crippen LogP contribution is -2.13. The molecule has 0 aromatic heterocycles. The highest BCUT2D eigenvalue weighted by molar-refractivity contribution is 6.32. The molecule has 0 heterocycles. The van der Waals surface area contributed by atoms with Crippen molar-refractivity contribution in [2.75, 3.05) is 18.4 Å². The van der Waals surface area contributed by atoms with Gasteiger partial charge in [0, 0.05) is 18.8 Å². The van der Waals surface area contributed by atoms with Gasteiger partial charge >= 0.3 is 0 Å². The van der Waals surface area contributed by atoms with Gasteiger partial charge in [0.15, 0.2) is 0 Å². The van der Waals surface area contributed by atoms with E-state index in [1.807, 2.05) is 32.0 Å². The minimum absolute atomic E-state index is 0.130. The zero-order valence-electron chi connectivity index (χ0n) is 9.09. The summed E-state index contributed by atoms with van der Waals surface area (Å²) in [7, 11) is 0. The van der Waals surface area contributed by atoms with Gasteiger partial charge in [-0.3, -0.25) is 0 Å². The number of anilines is 1. The molecule has 0 unspecified atom stereocenters. The van der Waals surface area contributed by atoms with E-state index in [9.17, 15) is 0 Å². The molecule has 1 aromatic carbocycles. The van der Waals surface area contributed by atoms with Crippen LogP contribution in [0.3, 0.4) is 0 Å². The van der Waals surface area contributed by atoms with Crippen LogP contribution in [0.5, 0.6) is 5.75 Å². The number of hydrogen-bond donors (Lipinski definition) is 2. The number of nitrogens with one attached hydrogen (secondary N) is 1. The largest absolute Gasteiger partial charge is 0.489 e. The molecule has 0 aliphatic rings. The normalized spacial score (nSPS) is 10.5. The molecule has 0 spiro atoms. The van der Waals surface area contributed by atoms with E-state index in [2.05, 4.69) is 5.32 Å². The number of benzene rings is 1. The number of ether oxygens (including phenoxy) is 1. The Labute approximate surface area is 95.6 Å². The summed E-state index contributed by atoms with van der Waals surface area (Å²) in [5.74, 6) is 0.713. The SMILES string of the molecule is CC(C)Oc1ccc(NCCN)cc1Cl. The van der Waals surface area contributed by atoms with E-state index < -0.39 is 0 Å². The molecule has 0 atom stereocenters. The number of rotatable bonds is 5. The first-order valence-corrected chi connectivity index (χ1v) is 5.41. The molecule has 1 aromatic rings. The number of nitrogens with two attached hydrogens (primary N) is 1.